The number of halogens is 1. The summed E-state index contributed by atoms with van der Waals surface area (Å²) >= 11 is 5.74. The van der Waals surface area contributed by atoms with E-state index >= 15 is 0 Å². The van der Waals surface area contributed by atoms with Crippen molar-refractivity contribution in [3.63, 3.8) is 0 Å². The van der Waals surface area contributed by atoms with Crippen molar-refractivity contribution in [3.05, 3.63) is 29.3 Å². The zero-order chi connectivity index (χ0) is 16.2. The quantitative estimate of drug-likeness (QED) is 0.867. The van der Waals surface area contributed by atoms with Crippen molar-refractivity contribution in [1.29, 1.82) is 0 Å². The highest BCUT2D eigenvalue weighted by Crippen LogP contribution is 2.17. The molecule has 118 valence electrons. The van der Waals surface area contributed by atoms with Crippen molar-refractivity contribution in [2.75, 3.05) is 13.6 Å². The van der Waals surface area contributed by atoms with Crippen LogP contribution in [-0.4, -0.2) is 38.3 Å². The van der Waals surface area contributed by atoms with Gasteiger partial charge in [-0.05, 0) is 37.1 Å². The largest absolute Gasteiger partial charge is 0.352 e. The summed E-state index contributed by atoms with van der Waals surface area (Å²) in [5.74, 6) is -0.0385. The molecule has 0 aliphatic heterocycles. The Balaban J connectivity index is 2.76. The molecular formula is C14H21ClN2O3S. The minimum Gasteiger partial charge on any atom is -0.352 e. The topological polar surface area (TPSA) is 66.5 Å². The molecule has 5 nitrogen and oxygen atoms in total. The van der Waals surface area contributed by atoms with Gasteiger partial charge < -0.3 is 5.32 Å². The molecule has 0 unspecified atom stereocenters. The van der Waals surface area contributed by atoms with Crippen LogP contribution in [0.25, 0.3) is 0 Å². The lowest BCUT2D eigenvalue weighted by Crippen LogP contribution is -2.43. The maximum Gasteiger partial charge on any atom is 0.243 e. The van der Waals surface area contributed by atoms with Gasteiger partial charge in [-0.2, -0.15) is 4.31 Å². The molecule has 1 rings (SSSR count). The Morgan fingerprint density at radius 2 is 1.76 bits per heavy atom. The highest BCUT2D eigenvalue weighted by molar-refractivity contribution is 7.89. The van der Waals surface area contributed by atoms with Gasteiger partial charge in [-0.25, -0.2) is 8.42 Å². The monoisotopic (exact) mass is 332 g/mol. The Morgan fingerprint density at radius 3 is 2.24 bits per heavy atom. The molecule has 0 saturated heterocycles. The Labute approximate surface area is 131 Å². The fourth-order valence-electron chi connectivity index (χ4n) is 1.54. The first-order chi connectivity index (χ1) is 9.64. The summed E-state index contributed by atoms with van der Waals surface area (Å²) in [6.07, 6.45) is 0. The van der Waals surface area contributed by atoms with Crippen LogP contribution in [0.3, 0.4) is 0 Å². The average Bonchev–Trinajstić information content (AvgIpc) is 2.38. The van der Waals surface area contributed by atoms with Crippen molar-refractivity contribution in [2.24, 2.45) is 5.92 Å². The normalized spacial score (nSPS) is 13.5. The number of hydrogen-bond acceptors (Lipinski definition) is 3. The van der Waals surface area contributed by atoms with Crippen molar-refractivity contribution in [3.8, 4) is 0 Å². The maximum absolute atomic E-state index is 12.3. The summed E-state index contributed by atoms with van der Waals surface area (Å²) in [6, 6.07) is 5.84. The first-order valence-corrected chi connectivity index (χ1v) is 8.47. The van der Waals surface area contributed by atoms with Gasteiger partial charge in [-0.15, -0.1) is 0 Å². The van der Waals surface area contributed by atoms with Crippen LogP contribution in [-0.2, 0) is 14.8 Å². The molecule has 0 aliphatic rings. The van der Waals surface area contributed by atoms with Crippen molar-refractivity contribution >= 4 is 27.5 Å². The number of likely N-dealkylation sites (N-methyl/N-ethyl adjacent to an activating group) is 1. The second-order valence-electron chi connectivity index (χ2n) is 5.32. The van der Waals surface area contributed by atoms with Crippen LogP contribution in [0, 0.1) is 5.92 Å². The van der Waals surface area contributed by atoms with Gasteiger partial charge in [-0.3, -0.25) is 4.79 Å². The molecule has 1 atom stereocenters. The number of benzene rings is 1. The molecule has 0 heterocycles. The number of carbonyl (C=O) groups excluding carboxylic acids is 1. The molecule has 21 heavy (non-hydrogen) atoms. The van der Waals surface area contributed by atoms with Gasteiger partial charge in [0.15, 0.2) is 0 Å². The van der Waals surface area contributed by atoms with E-state index in [9.17, 15) is 13.2 Å². The van der Waals surface area contributed by atoms with E-state index in [2.05, 4.69) is 5.32 Å². The second kappa shape index (κ2) is 7.24. The summed E-state index contributed by atoms with van der Waals surface area (Å²) < 4.78 is 25.6. The second-order valence-corrected chi connectivity index (χ2v) is 7.80. The number of carbonyl (C=O) groups is 1. The number of rotatable bonds is 6. The molecule has 0 bridgehead atoms. The summed E-state index contributed by atoms with van der Waals surface area (Å²) in [4.78, 5) is 12.0. The third kappa shape index (κ3) is 4.98. The van der Waals surface area contributed by atoms with Crippen LogP contribution in [0.4, 0.5) is 0 Å². The van der Waals surface area contributed by atoms with Gasteiger partial charge in [0, 0.05) is 18.1 Å². The predicted molar refractivity (Wildman–Crippen MR) is 83.7 cm³/mol. The Kier molecular flexibility index (Phi) is 6.19. The number of hydrogen-bond donors (Lipinski definition) is 1. The van der Waals surface area contributed by atoms with Crippen LogP contribution in [0.2, 0.25) is 5.02 Å². The molecular weight excluding hydrogens is 312 g/mol. The Hall–Kier alpha value is -1.11. The molecule has 0 fully saturated rings. The highest BCUT2D eigenvalue weighted by atomic mass is 35.5. The Bertz CT molecular complexity index is 585. The summed E-state index contributed by atoms with van der Waals surface area (Å²) in [5.41, 5.74) is 0. The van der Waals surface area contributed by atoms with E-state index in [-0.39, 0.29) is 29.3 Å². The van der Waals surface area contributed by atoms with Crippen LogP contribution >= 0.6 is 11.6 Å². The SMILES string of the molecule is CC(C)[C@@H](C)NC(=O)CN(C)S(=O)(=O)c1ccc(Cl)cc1. The van der Waals surface area contributed by atoms with Crippen LogP contribution < -0.4 is 5.32 Å². The van der Waals surface area contributed by atoms with Gasteiger partial charge in [-0.1, -0.05) is 25.4 Å². The molecule has 1 aromatic rings. The molecule has 0 radical (unpaired) electrons. The maximum atomic E-state index is 12.3. The van der Waals surface area contributed by atoms with Gasteiger partial charge >= 0.3 is 0 Å². The van der Waals surface area contributed by atoms with E-state index in [1.54, 1.807) is 0 Å². The smallest absolute Gasteiger partial charge is 0.243 e. The average molecular weight is 333 g/mol. The predicted octanol–water partition coefficient (Wildman–Crippen LogP) is 2.12. The number of nitrogens with zero attached hydrogens (tertiary/aromatic N) is 1. The first kappa shape index (κ1) is 17.9. The number of sulfonamides is 1. The van der Waals surface area contributed by atoms with Gasteiger partial charge in [0.05, 0.1) is 11.4 Å². The number of nitrogens with one attached hydrogen (secondary N) is 1. The molecule has 7 heteroatoms. The van der Waals surface area contributed by atoms with E-state index in [1.807, 2.05) is 20.8 Å². The summed E-state index contributed by atoms with van der Waals surface area (Å²) in [5, 5.41) is 3.24. The van der Waals surface area contributed by atoms with E-state index in [1.165, 1.54) is 31.3 Å². The first-order valence-electron chi connectivity index (χ1n) is 6.66. The fourth-order valence-corrected chi connectivity index (χ4v) is 2.79. The van der Waals surface area contributed by atoms with E-state index in [0.29, 0.717) is 5.02 Å². The zero-order valence-corrected chi connectivity index (χ0v) is 14.2. The minimum atomic E-state index is -3.69. The molecule has 0 spiro atoms. The van der Waals surface area contributed by atoms with Gasteiger partial charge in [0.1, 0.15) is 0 Å². The minimum absolute atomic E-state index is 0.0101. The molecule has 1 N–H and O–H groups in total. The van der Waals surface area contributed by atoms with Gasteiger partial charge in [0.25, 0.3) is 0 Å². The van der Waals surface area contributed by atoms with Crippen LogP contribution in [0.15, 0.2) is 29.2 Å². The zero-order valence-electron chi connectivity index (χ0n) is 12.6. The molecule has 0 saturated carbocycles. The lowest BCUT2D eigenvalue weighted by molar-refractivity contribution is -0.122. The molecule has 1 aromatic carbocycles. The van der Waals surface area contributed by atoms with Crippen molar-refractivity contribution < 1.29 is 13.2 Å². The highest BCUT2D eigenvalue weighted by Gasteiger charge is 2.23. The molecule has 1 amide bonds. The third-order valence-corrected chi connectivity index (χ3v) is 5.35. The van der Waals surface area contributed by atoms with Crippen LogP contribution in [0.5, 0.6) is 0 Å². The van der Waals surface area contributed by atoms with Crippen molar-refractivity contribution in [1.82, 2.24) is 9.62 Å². The van der Waals surface area contributed by atoms with E-state index in [4.69, 9.17) is 11.6 Å². The standard InChI is InChI=1S/C14H21ClN2O3S/c1-10(2)11(3)16-14(18)9-17(4)21(19,20)13-7-5-12(15)6-8-13/h5-8,10-11H,9H2,1-4H3,(H,16,18)/t11-/m1/s1. The lowest BCUT2D eigenvalue weighted by Gasteiger charge is -2.21. The Morgan fingerprint density at radius 1 is 1.24 bits per heavy atom. The van der Waals surface area contributed by atoms with E-state index < -0.39 is 10.0 Å². The fraction of sp³-hybridized carbons (Fsp3) is 0.500. The number of amides is 1. The summed E-state index contributed by atoms with van der Waals surface area (Å²) in [6.45, 7) is 5.64. The van der Waals surface area contributed by atoms with Crippen molar-refractivity contribution in [2.45, 2.75) is 31.7 Å². The molecule has 0 aliphatic carbocycles. The van der Waals surface area contributed by atoms with Gasteiger partial charge in [0.2, 0.25) is 15.9 Å². The molecule has 0 aromatic heterocycles. The van der Waals surface area contributed by atoms with Crippen LogP contribution in [0.1, 0.15) is 20.8 Å². The lowest BCUT2D eigenvalue weighted by atomic mass is 10.1. The third-order valence-electron chi connectivity index (χ3n) is 3.28. The van der Waals surface area contributed by atoms with E-state index in [0.717, 1.165) is 4.31 Å². The summed E-state index contributed by atoms with van der Waals surface area (Å²) in [7, 11) is -2.31.